The fourth-order valence-corrected chi connectivity index (χ4v) is 4.03. The molecule has 3 heteroatoms. The summed E-state index contributed by atoms with van der Waals surface area (Å²) in [6.07, 6.45) is 2.21. The van der Waals surface area contributed by atoms with Gasteiger partial charge < -0.3 is 5.73 Å². The van der Waals surface area contributed by atoms with Crippen LogP contribution in [-0.2, 0) is 6.42 Å². The van der Waals surface area contributed by atoms with Gasteiger partial charge in [-0.3, -0.25) is 4.79 Å². The number of nitrogens with two attached hydrogens (primary N) is 1. The molecule has 18 heavy (non-hydrogen) atoms. The molecule has 0 bridgehead atoms. The molecule has 1 aliphatic rings. The minimum absolute atomic E-state index is 0.193. The van der Waals surface area contributed by atoms with Crippen LogP contribution in [0.15, 0.2) is 0 Å². The number of thiophene rings is 1. The van der Waals surface area contributed by atoms with Crippen molar-refractivity contribution in [3.63, 3.8) is 0 Å². The molecule has 1 aromatic rings. The lowest BCUT2D eigenvalue weighted by Crippen LogP contribution is -2.23. The van der Waals surface area contributed by atoms with Gasteiger partial charge in [-0.1, -0.05) is 34.6 Å². The molecule has 2 rings (SSSR count). The van der Waals surface area contributed by atoms with Crippen molar-refractivity contribution >= 4 is 22.1 Å². The van der Waals surface area contributed by atoms with Gasteiger partial charge in [0.15, 0.2) is 5.78 Å². The van der Waals surface area contributed by atoms with Gasteiger partial charge in [-0.05, 0) is 30.2 Å². The van der Waals surface area contributed by atoms with E-state index in [1.54, 1.807) is 11.3 Å². The van der Waals surface area contributed by atoms with Gasteiger partial charge in [0.2, 0.25) is 0 Å². The van der Waals surface area contributed by atoms with Gasteiger partial charge in [-0.15, -0.1) is 11.3 Å². The van der Waals surface area contributed by atoms with Gasteiger partial charge in [0.25, 0.3) is 0 Å². The van der Waals surface area contributed by atoms with Gasteiger partial charge in [0, 0.05) is 10.3 Å². The molecule has 0 fully saturated rings. The van der Waals surface area contributed by atoms with E-state index in [9.17, 15) is 4.79 Å². The average molecular weight is 265 g/mol. The number of anilines is 1. The molecule has 1 heterocycles. The summed E-state index contributed by atoms with van der Waals surface area (Å²) >= 11 is 1.63. The monoisotopic (exact) mass is 265 g/mol. The van der Waals surface area contributed by atoms with Crippen LogP contribution in [0.2, 0.25) is 0 Å². The maximum absolute atomic E-state index is 12.6. The van der Waals surface area contributed by atoms with E-state index in [0.29, 0.717) is 11.8 Å². The lowest BCUT2D eigenvalue weighted by atomic mass is 9.78. The predicted molar refractivity (Wildman–Crippen MR) is 78.4 cm³/mol. The standard InChI is InChI=1S/C15H23NOS/c1-8-6-9(2)12-10(7-8)11(14(16)18-12)13(17)15(3,4)5/h8-9H,6-7,16H2,1-5H3. The van der Waals surface area contributed by atoms with E-state index in [-0.39, 0.29) is 11.2 Å². The van der Waals surface area contributed by atoms with Crippen molar-refractivity contribution in [2.45, 2.75) is 53.4 Å². The third-order valence-electron chi connectivity index (χ3n) is 3.73. The predicted octanol–water partition coefficient (Wildman–Crippen LogP) is 4.24. The first kappa shape index (κ1) is 13.6. The largest absolute Gasteiger partial charge is 0.390 e. The Morgan fingerprint density at radius 1 is 1.33 bits per heavy atom. The van der Waals surface area contributed by atoms with Crippen LogP contribution < -0.4 is 5.73 Å². The van der Waals surface area contributed by atoms with Crippen molar-refractivity contribution in [3.05, 3.63) is 16.0 Å². The number of hydrogen-bond acceptors (Lipinski definition) is 3. The number of rotatable bonds is 1. The molecular weight excluding hydrogens is 242 g/mol. The van der Waals surface area contributed by atoms with E-state index < -0.39 is 0 Å². The molecule has 1 aromatic heterocycles. The van der Waals surface area contributed by atoms with E-state index in [4.69, 9.17) is 5.73 Å². The molecule has 1 aliphatic carbocycles. The molecule has 0 radical (unpaired) electrons. The zero-order valence-electron chi connectivity index (χ0n) is 12.0. The highest BCUT2D eigenvalue weighted by Crippen LogP contribution is 2.45. The maximum Gasteiger partial charge on any atom is 0.171 e. The van der Waals surface area contributed by atoms with Crippen molar-refractivity contribution in [2.75, 3.05) is 5.73 Å². The quantitative estimate of drug-likeness (QED) is 0.772. The highest BCUT2D eigenvalue weighted by molar-refractivity contribution is 7.16. The lowest BCUT2D eigenvalue weighted by molar-refractivity contribution is 0.0858. The van der Waals surface area contributed by atoms with Gasteiger partial charge in [-0.2, -0.15) is 0 Å². The van der Waals surface area contributed by atoms with Gasteiger partial charge in [-0.25, -0.2) is 0 Å². The van der Waals surface area contributed by atoms with E-state index in [0.717, 1.165) is 17.0 Å². The summed E-state index contributed by atoms with van der Waals surface area (Å²) in [5.41, 5.74) is 7.83. The molecule has 0 spiro atoms. The second kappa shape index (κ2) is 4.37. The van der Waals surface area contributed by atoms with E-state index in [1.165, 1.54) is 16.9 Å². The summed E-state index contributed by atoms with van der Waals surface area (Å²) in [6, 6.07) is 0. The lowest BCUT2D eigenvalue weighted by Gasteiger charge is -2.26. The highest BCUT2D eigenvalue weighted by Gasteiger charge is 2.34. The fourth-order valence-electron chi connectivity index (χ4n) is 2.87. The van der Waals surface area contributed by atoms with Crippen LogP contribution in [-0.4, -0.2) is 5.78 Å². The first-order valence-corrected chi connectivity index (χ1v) is 7.49. The Hall–Kier alpha value is -0.830. The van der Waals surface area contributed by atoms with Gasteiger partial charge in [0.05, 0.1) is 10.6 Å². The summed E-state index contributed by atoms with van der Waals surface area (Å²) in [4.78, 5) is 13.9. The summed E-state index contributed by atoms with van der Waals surface area (Å²) in [7, 11) is 0. The number of fused-ring (bicyclic) bond motifs is 1. The summed E-state index contributed by atoms with van der Waals surface area (Å²) in [5, 5.41) is 0.723. The minimum atomic E-state index is -0.354. The van der Waals surface area contributed by atoms with Crippen molar-refractivity contribution in [2.24, 2.45) is 11.3 Å². The molecular formula is C15H23NOS. The highest BCUT2D eigenvalue weighted by atomic mass is 32.1. The van der Waals surface area contributed by atoms with E-state index in [1.807, 2.05) is 20.8 Å². The summed E-state index contributed by atoms with van der Waals surface area (Å²) in [6.45, 7) is 10.4. The van der Waals surface area contributed by atoms with Crippen LogP contribution in [0, 0.1) is 11.3 Å². The zero-order valence-corrected chi connectivity index (χ0v) is 12.8. The smallest absolute Gasteiger partial charge is 0.171 e. The molecule has 100 valence electrons. The Labute approximate surface area is 114 Å². The van der Waals surface area contributed by atoms with E-state index in [2.05, 4.69) is 13.8 Å². The van der Waals surface area contributed by atoms with Crippen LogP contribution in [0.1, 0.15) is 67.8 Å². The van der Waals surface area contributed by atoms with Crippen LogP contribution in [0.3, 0.4) is 0 Å². The number of carbonyl (C=O) groups is 1. The number of nitrogen functional groups attached to an aromatic ring is 1. The fraction of sp³-hybridized carbons (Fsp3) is 0.667. The summed E-state index contributed by atoms with van der Waals surface area (Å²) < 4.78 is 0. The molecule has 0 amide bonds. The SMILES string of the molecule is CC1Cc2c(sc(N)c2C(=O)C(C)(C)C)C(C)C1. The average Bonchev–Trinajstić information content (AvgIpc) is 2.52. The van der Waals surface area contributed by atoms with Crippen molar-refractivity contribution in [3.8, 4) is 0 Å². The van der Waals surface area contributed by atoms with Crippen molar-refractivity contribution in [1.29, 1.82) is 0 Å². The Bertz CT molecular complexity index is 481. The maximum atomic E-state index is 12.6. The third kappa shape index (κ3) is 2.20. The van der Waals surface area contributed by atoms with Gasteiger partial charge >= 0.3 is 0 Å². The molecule has 2 unspecified atom stereocenters. The Balaban J connectivity index is 2.53. The first-order valence-electron chi connectivity index (χ1n) is 6.67. The summed E-state index contributed by atoms with van der Waals surface area (Å²) in [5.74, 6) is 1.38. The van der Waals surface area contributed by atoms with Gasteiger partial charge in [0.1, 0.15) is 0 Å². The topological polar surface area (TPSA) is 43.1 Å². The molecule has 0 saturated carbocycles. The number of hydrogen-bond donors (Lipinski definition) is 1. The number of Topliss-reactive ketones (excluding diaryl/α,β-unsaturated/α-hetero) is 1. The second-order valence-electron chi connectivity index (χ2n) is 6.71. The number of carbonyl (C=O) groups excluding carboxylic acids is 1. The molecule has 2 N–H and O–H groups in total. The van der Waals surface area contributed by atoms with Crippen LogP contribution in [0.4, 0.5) is 5.00 Å². The zero-order chi connectivity index (χ0) is 13.7. The van der Waals surface area contributed by atoms with Crippen molar-refractivity contribution < 1.29 is 4.79 Å². The second-order valence-corrected chi connectivity index (χ2v) is 7.79. The Kier molecular flexibility index (Phi) is 3.30. The minimum Gasteiger partial charge on any atom is -0.390 e. The third-order valence-corrected chi connectivity index (χ3v) is 5.02. The number of ketones is 1. The molecule has 2 nitrogen and oxygen atoms in total. The molecule has 2 atom stereocenters. The van der Waals surface area contributed by atoms with Crippen molar-refractivity contribution in [1.82, 2.24) is 0 Å². The normalized spacial score (nSPS) is 23.8. The van der Waals surface area contributed by atoms with E-state index >= 15 is 0 Å². The van der Waals surface area contributed by atoms with Crippen LogP contribution >= 0.6 is 11.3 Å². The first-order chi connectivity index (χ1) is 8.21. The molecule has 0 aliphatic heterocycles. The Morgan fingerprint density at radius 2 is 1.94 bits per heavy atom. The molecule has 0 aromatic carbocycles. The molecule has 0 saturated heterocycles. The van der Waals surface area contributed by atoms with Crippen LogP contribution in [0.5, 0.6) is 0 Å². The van der Waals surface area contributed by atoms with Crippen LogP contribution in [0.25, 0.3) is 0 Å². The Morgan fingerprint density at radius 3 is 2.50 bits per heavy atom.